The van der Waals surface area contributed by atoms with Gasteiger partial charge in [0.25, 0.3) is 5.91 Å². The number of aromatic nitrogens is 2. The van der Waals surface area contributed by atoms with Crippen molar-refractivity contribution < 1.29 is 14.3 Å². The van der Waals surface area contributed by atoms with Crippen LogP contribution in [0, 0.1) is 0 Å². The molecule has 0 unspecified atom stereocenters. The molecule has 1 aromatic heterocycles. The van der Waals surface area contributed by atoms with E-state index in [2.05, 4.69) is 26.1 Å². The Balaban J connectivity index is 1.74. The summed E-state index contributed by atoms with van der Waals surface area (Å²) < 4.78 is 7.25. The first-order valence-electron chi connectivity index (χ1n) is 11.3. The predicted octanol–water partition coefficient (Wildman–Crippen LogP) is 5.08. The van der Waals surface area contributed by atoms with Gasteiger partial charge in [-0.2, -0.15) is 5.10 Å². The molecule has 0 aliphatic rings. The SMILES string of the molecule is CCCN(CC(=O)Nc1cc(C(C)(C)C)nn1-c1ccc(Cl)cc1)C(=O)COc1ccccc1. The Kier molecular flexibility index (Phi) is 8.34. The van der Waals surface area contributed by atoms with Gasteiger partial charge in [-0.1, -0.05) is 57.5 Å². The van der Waals surface area contributed by atoms with Crippen molar-refractivity contribution in [3.63, 3.8) is 0 Å². The molecule has 0 atom stereocenters. The number of carbonyl (C=O) groups excluding carboxylic acids is 2. The Bertz CT molecular complexity index is 1110. The van der Waals surface area contributed by atoms with Gasteiger partial charge < -0.3 is 15.0 Å². The lowest BCUT2D eigenvalue weighted by molar-refractivity contribution is -0.136. The van der Waals surface area contributed by atoms with Crippen LogP contribution in [0.2, 0.25) is 5.02 Å². The first-order valence-corrected chi connectivity index (χ1v) is 11.7. The van der Waals surface area contributed by atoms with Crippen LogP contribution in [0.3, 0.4) is 0 Å². The van der Waals surface area contributed by atoms with Crippen LogP contribution in [0.1, 0.15) is 39.8 Å². The fraction of sp³-hybridized carbons (Fsp3) is 0.346. The van der Waals surface area contributed by atoms with Gasteiger partial charge in [0.2, 0.25) is 5.91 Å². The molecule has 1 heterocycles. The molecule has 0 saturated carbocycles. The topological polar surface area (TPSA) is 76.5 Å². The highest BCUT2D eigenvalue weighted by Gasteiger charge is 2.23. The summed E-state index contributed by atoms with van der Waals surface area (Å²) in [4.78, 5) is 27.2. The standard InChI is InChI=1S/C26H31ClN4O3/c1-5-15-30(25(33)18-34-21-9-7-6-8-10-21)17-24(32)28-23-16-22(26(2,3)4)29-31(23)20-13-11-19(27)12-14-20/h6-14,16H,5,15,17-18H2,1-4H3,(H,28,32). The van der Waals surface area contributed by atoms with Crippen molar-refractivity contribution >= 4 is 29.2 Å². The van der Waals surface area contributed by atoms with Gasteiger partial charge in [-0.3, -0.25) is 9.59 Å². The van der Waals surface area contributed by atoms with Crippen LogP contribution in [0.25, 0.3) is 5.69 Å². The molecule has 0 aliphatic heterocycles. The van der Waals surface area contributed by atoms with E-state index in [-0.39, 0.29) is 30.4 Å². The average Bonchev–Trinajstić information content (AvgIpc) is 3.22. The number of carbonyl (C=O) groups is 2. The third-order valence-corrected chi connectivity index (χ3v) is 5.35. The molecule has 7 nitrogen and oxygen atoms in total. The molecule has 1 N–H and O–H groups in total. The minimum Gasteiger partial charge on any atom is -0.484 e. The van der Waals surface area contributed by atoms with Crippen LogP contribution in [0.4, 0.5) is 5.82 Å². The number of nitrogens with one attached hydrogen (secondary N) is 1. The number of para-hydroxylation sites is 1. The summed E-state index contributed by atoms with van der Waals surface area (Å²) in [6.07, 6.45) is 0.723. The molecule has 0 fully saturated rings. The molecule has 3 aromatic rings. The van der Waals surface area contributed by atoms with Crippen molar-refractivity contribution in [2.24, 2.45) is 0 Å². The molecule has 34 heavy (non-hydrogen) atoms. The van der Waals surface area contributed by atoms with E-state index in [9.17, 15) is 9.59 Å². The van der Waals surface area contributed by atoms with E-state index in [0.29, 0.717) is 23.1 Å². The van der Waals surface area contributed by atoms with Gasteiger partial charge in [-0.05, 0) is 42.8 Å². The fourth-order valence-electron chi connectivity index (χ4n) is 3.29. The number of amides is 2. The number of benzene rings is 2. The zero-order valence-electron chi connectivity index (χ0n) is 20.0. The molecule has 180 valence electrons. The van der Waals surface area contributed by atoms with Crippen LogP contribution in [-0.4, -0.2) is 46.2 Å². The zero-order chi connectivity index (χ0) is 24.7. The normalized spacial score (nSPS) is 11.2. The van der Waals surface area contributed by atoms with Crippen LogP contribution in [0.15, 0.2) is 60.7 Å². The summed E-state index contributed by atoms with van der Waals surface area (Å²) in [5, 5.41) is 8.25. The highest BCUT2D eigenvalue weighted by molar-refractivity contribution is 6.30. The van der Waals surface area contributed by atoms with Crippen molar-refractivity contribution in [2.75, 3.05) is 25.0 Å². The number of hydrogen-bond donors (Lipinski definition) is 1. The lowest BCUT2D eigenvalue weighted by Crippen LogP contribution is -2.41. The van der Waals surface area contributed by atoms with Crippen molar-refractivity contribution in [1.82, 2.24) is 14.7 Å². The third-order valence-electron chi connectivity index (χ3n) is 5.10. The van der Waals surface area contributed by atoms with E-state index < -0.39 is 0 Å². The van der Waals surface area contributed by atoms with Crippen molar-refractivity contribution in [3.8, 4) is 11.4 Å². The lowest BCUT2D eigenvalue weighted by atomic mass is 9.92. The summed E-state index contributed by atoms with van der Waals surface area (Å²) in [6.45, 7) is 8.37. The molecule has 2 amide bonds. The number of ether oxygens (including phenoxy) is 1. The maximum atomic E-state index is 13.0. The fourth-order valence-corrected chi connectivity index (χ4v) is 3.41. The first-order chi connectivity index (χ1) is 16.2. The predicted molar refractivity (Wildman–Crippen MR) is 135 cm³/mol. The van der Waals surface area contributed by atoms with E-state index in [4.69, 9.17) is 21.4 Å². The van der Waals surface area contributed by atoms with Crippen molar-refractivity contribution in [1.29, 1.82) is 0 Å². The van der Waals surface area contributed by atoms with Crippen LogP contribution in [0.5, 0.6) is 5.75 Å². The summed E-state index contributed by atoms with van der Waals surface area (Å²) >= 11 is 6.04. The maximum Gasteiger partial charge on any atom is 0.260 e. The van der Waals surface area contributed by atoms with Gasteiger partial charge in [0, 0.05) is 23.0 Å². The Morgan fingerprint density at radius 1 is 1.09 bits per heavy atom. The number of anilines is 1. The summed E-state index contributed by atoms with van der Waals surface area (Å²) in [7, 11) is 0. The van der Waals surface area contributed by atoms with E-state index in [1.807, 2.05) is 43.3 Å². The number of hydrogen-bond acceptors (Lipinski definition) is 4. The maximum absolute atomic E-state index is 13.0. The second-order valence-corrected chi connectivity index (χ2v) is 9.45. The molecule has 3 rings (SSSR count). The largest absolute Gasteiger partial charge is 0.484 e. The highest BCUT2D eigenvalue weighted by Crippen LogP contribution is 2.27. The Morgan fingerprint density at radius 2 is 1.76 bits per heavy atom. The zero-order valence-corrected chi connectivity index (χ0v) is 20.8. The third kappa shape index (κ3) is 6.84. The highest BCUT2D eigenvalue weighted by atomic mass is 35.5. The minimum atomic E-state index is -0.308. The van der Waals surface area contributed by atoms with Crippen LogP contribution in [-0.2, 0) is 15.0 Å². The molecule has 0 aliphatic carbocycles. The average molecular weight is 483 g/mol. The van der Waals surface area contributed by atoms with Gasteiger partial charge in [-0.15, -0.1) is 0 Å². The molecule has 0 radical (unpaired) electrons. The second-order valence-electron chi connectivity index (χ2n) is 9.02. The molecule has 0 saturated heterocycles. The molecule has 8 heteroatoms. The molecular weight excluding hydrogens is 452 g/mol. The van der Waals surface area contributed by atoms with Crippen molar-refractivity contribution in [2.45, 2.75) is 39.5 Å². The Morgan fingerprint density at radius 3 is 2.38 bits per heavy atom. The second kappa shape index (κ2) is 11.2. The molecule has 0 spiro atoms. The molecule has 2 aromatic carbocycles. The quantitative estimate of drug-likeness (QED) is 0.461. The smallest absolute Gasteiger partial charge is 0.260 e. The van der Waals surface area contributed by atoms with Gasteiger partial charge in [0.15, 0.2) is 6.61 Å². The number of nitrogens with zero attached hydrogens (tertiary/aromatic N) is 3. The van der Waals surface area contributed by atoms with Gasteiger partial charge in [0.05, 0.1) is 11.4 Å². The Hall–Kier alpha value is -3.32. The lowest BCUT2D eigenvalue weighted by Gasteiger charge is -2.22. The van der Waals surface area contributed by atoms with E-state index in [0.717, 1.165) is 17.8 Å². The minimum absolute atomic E-state index is 0.0819. The van der Waals surface area contributed by atoms with E-state index in [1.54, 1.807) is 28.9 Å². The van der Waals surface area contributed by atoms with Crippen LogP contribution < -0.4 is 10.1 Å². The molecular formula is C26H31ClN4O3. The molecule has 0 bridgehead atoms. The number of rotatable bonds is 9. The van der Waals surface area contributed by atoms with E-state index >= 15 is 0 Å². The summed E-state index contributed by atoms with van der Waals surface area (Å²) in [5.74, 6) is 0.583. The summed E-state index contributed by atoms with van der Waals surface area (Å²) in [5.41, 5.74) is 1.39. The van der Waals surface area contributed by atoms with Crippen LogP contribution >= 0.6 is 11.6 Å². The summed E-state index contributed by atoms with van der Waals surface area (Å²) in [6, 6.07) is 18.2. The first kappa shape index (κ1) is 25.3. The monoisotopic (exact) mass is 482 g/mol. The van der Waals surface area contributed by atoms with Gasteiger partial charge in [-0.25, -0.2) is 4.68 Å². The van der Waals surface area contributed by atoms with Gasteiger partial charge in [0.1, 0.15) is 18.1 Å². The Labute approximate surface area is 205 Å². The van der Waals surface area contributed by atoms with Gasteiger partial charge >= 0.3 is 0 Å². The number of halogens is 1. The van der Waals surface area contributed by atoms with E-state index in [1.165, 1.54) is 4.90 Å². The van der Waals surface area contributed by atoms with Crippen molar-refractivity contribution in [3.05, 3.63) is 71.4 Å².